The number of hydrogen-bond donors (Lipinski definition) is 4. The molecule has 3 aromatic heterocycles. The van der Waals surface area contributed by atoms with Gasteiger partial charge in [-0.05, 0) is 40.9 Å². The van der Waals surface area contributed by atoms with E-state index < -0.39 is 18.2 Å². The molecule has 1 saturated heterocycles. The molecule has 3 aromatic rings. The quantitative estimate of drug-likeness (QED) is 0.413. The molecule has 2 aliphatic rings. The van der Waals surface area contributed by atoms with Crippen LogP contribution in [0.15, 0.2) is 35.5 Å². The highest BCUT2D eigenvalue weighted by atomic mass is 79.9. The maximum absolute atomic E-state index is 10.5. The Morgan fingerprint density at radius 2 is 2.00 bits per heavy atom. The second-order valence-corrected chi connectivity index (χ2v) is 9.10. The number of rotatable bonds is 5. The normalized spacial score (nSPS) is 28.5. The van der Waals surface area contributed by atoms with E-state index in [4.69, 9.17) is 0 Å². The van der Waals surface area contributed by atoms with Crippen molar-refractivity contribution in [3.8, 4) is 0 Å². The fraction of sp³-hybridized carbons (Fsp3) is 0.500. The van der Waals surface area contributed by atoms with E-state index in [9.17, 15) is 15.3 Å². The Hall–Kier alpha value is -2.34. The minimum absolute atomic E-state index is 0.172. The molecule has 1 aliphatic heterocycles. The predicted molar refractivity (Wildman–Crippen MR) is 118 cm³/mol. The van der Waals surface area contributed by atoms with Crippen molar-refractivity contribution in [3.05, 3.63) is 35.5 Å². The molecule has 5 atom stereocenters. The average molecular weight is 490 g/mol. The Morgan fingerprint density at radius 1 is 1.13 bits per heavy atom. The van der Waals surface area contributed by atoms with Crippen LogP contribution in [0.5, 0.6) is 0 Å². The van der Waals surface area contributed by atoms with E-state index >= 15 is 0 Å². The van der Waals surface area contributed by atoms with Gasteiger partial charge in [0.1, 0.15) is 23.8 Å². The Morgan fingerprint density at radius 3 is 2.74 bits per heavy atom. The third-order valence-electron chi connectivity index (χ3n) is 6.29. The SMILES string of the molecule is OC[C@H]1C[C@@H](n2cnc3c(N[C@H]4CCN(c5ccc(Br)cn5)C4)ncnc32)[C@@H](O)[C@H]1O. The molecule has 2 fully saturated rings. The molecule has 164 valence electrons. The van der Waals surface area contributed by atoms with E-state index in [1.807, 2.05) is 12.1 Å². The number of nitrogens with zero attached hydrogens (tertiary/aromatic N) is 6. The molecule has 0 amide bonds. The predicted octanol–water partition coefficient (Wildman–Crippen LogP) is 0.950. The van der Waals surface area contributed by atoms with Crippen LogP contribution < -0.4 is 10.2 Å². The first-order chi connectivity index (χ1) is 15.0. The lowest BCUT2D eigenvalue weighted by Gasteiger charge is -2.19. The van der Waals surface area contributed by atoms with Gasteiger partial charge in [-0.15, -0.1) is 0 Å². The van der Waals surface area contributed by atoms with Crippen LogP contribution in [0.4, 0.5) is 11.6 Å². The summed E-state index contributed by atoms with van der Waals surface area (Å²) in [5.41, 5.74) is 1.22. The minimum atomic E-state index is -0.984. The molecule has 0 spiro atoms. The molecular formula is C20H24BrN7O3. The van der Waals surface area contributed by atoms with Crippen LogP contribution >= 0.6 is 15.9 Å². The van der Waals surface area contributed by atoms with E-state index in [1.54, 1.807) is 17.1 Å². The standard InChI is InChI=1S/C20H24BrN7O3/c21-12-1-2-15(22-6-12)27-4-3-13(7-27)26-19-16-20(24-9-23-19)28(10-25-16)14-5-11(8-29)17(30)18(14)31/h1-2,6,9-11,13-14,17-18,29-31H,3-5,7-8H2,(H,23,24,26)/t11-,13+,14-,17+,18-/m1/s1. The van der Waals surface area contributed by atoms with Crippen molar-refractivity contribution in [2.75, 3.05) is 29.9 Å². The second kappa shape index (κ2) is 8.30. The zero-order valence-electron chi connectivity index (χ0n) is 16.7. The van der Waals surface area contributed by atoms with Crippen LogP contribution in [0.3, 0.4) is 0 Å². The van der Waals surface area contributed by atoms with Crippen LogP contribution in [0.1, 0.15) is 18.9 Å². The van der Waals surface area contributed by atoms with Gasteiger partial charge in [0.25, 0.3) is 0 Å². The van der Waals surface area contributed by atoms with Crippen molar-refractivity contribution in [1.82, 2.24) is 24.5 Å². The largest absolute Gasteiger partial charge is 0.396 e. The summed E-state index contributed by atoms with van der Waals surface area (Å²) < 4.78 is 2.73. The Balaban J connectivity index is 1.34. The Kier molecular flexibility index (Phi) is 5.51. The van der Waals surface area contributed by atoms with E-state index in [0.717, 1.165) is 29.8 Å². The summed E-state index contributed by atoms with van der Waals surface area (Å²) in [6.07, 6.45) is 4.34. The molecular weight excluding hydrogens is 466 g/mol. The average Bonchev–Trinajstić information content (AvgIpc) is 3.48. The highest BCUT2D eigenvalue weighted by Gasteiger charge is 2.42. The monoisotopic (exact) mass is 489 g/mol. The number of aliphatic hydroxyl groups is 3. The van der Waals surface area contributed by atoms with Crippen molar-refractivity contribution >= 4 is 38.7 Å². The molecule has 4 heterocycles. The lowest BCUT2D eigenvalue weighted by atomic mass is 10.1. The maximum atomic E-state index is 10.5. The summed E-state index contributed by atoms with van der Waals surface area (Å²) in [6.45, 7) is 1.52. The maximum Gasteiger partial charge on any atom is 0.165 e. The zero-order valence-corrected chi connectivity index (χ0v) is 18.3. The van der Waals surface area contributed by atoms with Gasteiger partial charge in [0.2, 0.25) is 0 Å². The number of aromatic nitrogens is 5. The fourth-order valence-electron chi connectivity index (χ4n) is 4.59. The third kappa shape index (κ3) is 3.75. The Bertz CT molecular complexity index is 1060. The van der Waals surface area contributed by atoms with Crippen LogP contribution in [-0.2, 0) is 0 Å². The second-order valence-electron chi connectivity index (χ2n) is 8.18. The summed E-state index contributed by atoms with van der Waals surface area (Å²) >= 11 is 3.42. The molecule has 0 aromatic carbocycles. The summed E-state index contributed by atoms with van der Waals surface area (Å²) in [5, 5.41) is 33.6. The van der Waals surface area contributed by atoms with Gasteiger partial charge in [-0.25, -0.2) is 19.9 Å². The van der Waals surface area contributed by atoms with Crippen LogP contribution in [0.2, 0.25) is 0 Å². The van der Waals surface area contributed by atoms with Gasteiger partial charge in [0, 0.05) is 42.3 Å². The molecule has 11 heteroatoms. The lowest BCUT2D eigenvalue weighted by molar-refractivity contribution is -0.00370. The molecule has 1 aliphatic carbocycles. The van der Waals surface area contributed by atoms with Crippen molar-refractivity contribution in [1.29, 1.82) is 0 Å². The molecule has 0 radical (unpaired) electrons. The highest BCUT2D eigenvalue weighted by molar-refractivity contribution is 9.10. The van der Waals surface area contributed by atoms with Crippen LogP contribution in [0.25, 0.3) is 11.2 Å². The van der Waals surface area contributed by atoms with Gasteiger partial charge in [-0.3, -0.25) is 0 Å². The van der Waals surface area contributed by atoms with Crippen molar-refractivity contribution in [2.24, 2.45) is 5.92 Å². The highest BCUT2D eigenvalue weighted by Crippen LogP contribution is 2.37. The summed E-state index contributed by atoms with van der Waals surface area (Å²) in [5.74, 6) is 1.22. The number of aliphatic hydroxyl groups excluding tert-OH is 3. The number of nitrogens with one attached hydrogen (secondary N) is 1. The molecule has 0 bridgehead atoms. The number of imidazole rings is 1. The first kappa shape index (κ1) is 20.6. The molecule has 1 saturated carbocycles. The first-order valence-corrected chi connectivity index (χ1v) is 11.1. The van der Waals surface area contributed by atoms with E-state index in [2.05, 4.69) is 46.1 Å². The van der Waals surface area contributed by atoms with Crippen molar-refractivity contribution < 1.29 is 15.3 Å². The van der Waals surface area contributed by atoms with Crippen LogP contribution in [-0.4, -0.2) is 77.8 Å². The molecule has 0 unspecified atom stereocenters. The van der Waals surface area contributed by atoms with E-state index in [0.29, 0.717) is 23.4 Å². The van der Waals surface area contributed by atoms with Gasteiger partial charge < -0.3 is 30.1 Å². The minimum Gasteiger partial charge on any atom is -0.396 e. The zero-order chi connectivity index (χ0) is 21.5. The first-order valence-electron chi connectivity index (χ1n) is 10.3. The summed E-state index contributed by atoms with van der Waals surface area (Å²) in [4.78, 5) is 20.0. The summed E-state index contributed by atoms with van der Waals surface area (Å²) in [6, 6.07) is 3.77. The molecule has 5 rings (SSSR count). The number of pyridine rings is 1. The third-order valence-corrected chi connectivity index (χ3v) is 6.76. The van der Waals surface area contributed by atoms with Gasteiger partial charge in [-0.2, -0.15) is 0 Å². The topological polar surface area (TPSA) is 132 Å². The fourth-order valence-corrected chi connectivity index (χ4v) is 4.83. The van der Waals surface area contributed by atoms with Crippen LogP contribution in [0, 0.1) is 5.92 Å². The van der Waals surface area contributed by atoms with Crippen molar-refractivity contribution in [2.45, 2.75) is 37.1 Å². The Labute approximate surface area is 187 Å². The molecule has 10 nitrogen and oxygen atoms in total. The van der Waals surface area contributed by atoms with Gasteiger partial charge >= 0.3 is 0 Å². The number of hydrogen-bond acceptors (Lipinski definition) is 9. The summed E-state index contributed by atoms with van der Waals surface area (Å²) in [7, 11) is 0. The van der Waals surface area contributed by atoms with Gasteiger partial charge in [0.15, 0.2) is 11.5 Å². The molecule has 4 N–H and O–H groups in total. The number of halogens is 1. The van der Waals surface area contributed by atoms with Gasteiger partial charge in [0.05, 0.1) is 18.5 Å². The number of fused-ring (bicyclic) bond motifs is 1. The number of anilines is 2. The van der Waals surface area contributed by atoms with Gasteiger partial charge in [-0.1, -0.05) is 0 Å². The lowest BCUT2D eigenvalue weighted by Crippen LogP contribution is -2.30. The van der Waals surface area contributed by atoms with E-state index in [1.165, 1.54) is 6.33 Å². The van der Waals surface area contributed by atoms with Crippen molar-refractivity contribution in [3.63, 3.8) is 0 Å². The van der Waals surface area contributed by atoms with E-state index in [-0.39, 0.29) is 18.6 Å². The smallest absolute Gasteiger partial charge is 0.165 e. The molecule has 31 heavy (non-hydrogen) atoms.